The van der Waals surface area contributed by atoms with Crippen LogP contribution in [0.1, 0.15) is 78.6 Å². The number of carbonyl (C=O) groups is 3. The summed E-state index contributed by atoms with van der Waals surface area (Å²) >= 11 is 0. The fourth-order valence-corrected chi connectivity index (χ4v) is 6.63. The predicted octanol–water partition coefficient (Wildman–Crippen LogP) is 3.63. The van der Waals surface area contributed by atoms with E-state index in [4.69, 9.17) is 9.47 Å². The molecule has 37 heavy (non-hydrogen) atoms. The van der Waals surface area contributed by atoms with E-state index in [0.29, 0.717) is 32.4 Å². The monoisotopic (exact) mass is 518 g/mol. The quantitative estimate of drug-likeness (QED) is 0.190. The summed E-state index contributed by atoms with van der Waals surface area (Å²) in [5.41, 5.74) is -1.97. The van der Waals surface area contributed by atoms with E-state index < -0.39 is 41.1 Å². The van der Waals surface area contributed by atoms with Crippen LogP contribution in [0.5, 0.6) is 0 Å². The highest BCUT2D eigenvalue weighted by Crippen LogP contribution is 2.63. The third kappa shape index (κ3) is 5.37. The van der Waals surface area contributed by atoms with Crippen LogP contribution in [-0.2, 0) is 23.9 Å². The maximum Gasteiger partial charge on any atom is 0.312 e. The molecule has 8 nitrogen and oxygen atoms in total. The Kier molecular flexibility index (Phi) is 9.98. The number of carbonyl (C=O) groups excluding carboxylic acids is 3. The minimum Gasteiger partial charge on any atom is -0.465 e. The fraction of sp³-hybridized carbons (Fsp3) is 0.759. The van der Waals surface area contributed by atoms with Crippen molar-refractivity contribution in [1.82, 2.24) is 9.80 Å². The number of allylic oxidation sites excluding steroid dienone is 1. The summed E-state index contributed by atoms with van der Waals surface area (Å²) in [5.74, 6) is -2.50. The summed E-state index contributed by atoms with van der Waals surface area (Å²) in [6.07, 6.45) is 10.4. The summed E-state index contributed by atoms with van der Waals surface area (Å²) in [6.45, 7) is 14.4. The number of amides is 2. The SMILES string of the molecule is C=CCCCCOC(=O)[C@@H]1[C@H]2C(=O)N([C@@H](CC)CO)C(C(=O)N(CC=C)CCCCC)C23CC[C@@]1(C)O3. The number of likely N-dealkylation sites (tertiary alicyclic amines) is 1. The molecule has 3 aliphatic rings. The van der Waals surface area contributed by atoms with Crippen LogP contribution in [0.3, 0.4) is 0 Å². The zero-order valence-corrected chi connectivity index (χ0v) is 23.0. The lowest BCUT2D eigenvalue weighted by Gasteiger charge is -2.39. The number of hydrogen-bond acceptors (Lipinski definition) is 6. The molecular formula is C29H46N2O6. The topological polar surface area (TPSA) is 96.4 Å². The van der Waals surface area contributed by atoms with Gasteiger partial charge in [-0.2, -0.15) is 0 Å². The van der Waals surface area contributed by atoms with E-state index >= 15 is 0 Å². The highest BCUT2D eigenvalue weighted by atomic mass is 16.6. The van der Waals surface area contributed by atoms with Crippen molar-refractivity contribution in [1.29, 1.82) is 0 Å². The molecule has 6 atom stereocenters. The second-order valence-corrected chi connectivity index (χ2v) is 10.9. The van der Waals surface area contributed by atoms with E-state index in [9.17, 15) is 19.5 Å². The number of esters is 1. The number of rotatable bonds is 16. The van der Waals surface area contributed by atoms with Gasteiger partial charge >= 0.3 is 5.97 Å². The first-order valence-corrected chi connectivity index (χ1v) is 14.1. The highest BCUT2D eigenvalue weighted by molar-refractivity contribution is 5.98. The largest absolute Gasteiger partial charge is 0.465 e. The fourth-order valence-electron chi connectivity index (χ4n) is 6.63. The third-order valence-corrected chi connectivity index (χ3v) is 8.52. The van der Waals surface area contributed by atoms with E-state index in [-0.39, 0.29) is 25.0 Å². The maximum absolute atomic E-state index is 14.2. The number of ether oxygens (including phenoxy) is 2. The second-order valence-electron chi connectivity index (χ2n) is 10.9. The van der Waals surface area contributed by atoms with Gasteiger partial charge < -0.3 is 24.4 Å². The molecule has 1 N–H and O–H groups in total. The standard InChI is InChI=1S/C29H46N2O6/c1-6-10-12-14-19-36-27(35)23-22-25(33)31(21(9-4)20-32)24(29(22)16-15-28(23,5)37-29)26(34)30(17-8-3)18-13-11-7-2/h6,8,21-24,32H,1,3,7,9-20H2,2,4-5H3/t21-,22-,23-,24?,28+,29?/m0/s1. The van der Waals surface area contributed by atoms with Gasteiger partial charge in [0.2, 0.25) is 11.8 Å². The van der Waals surface area contributed by atoms with Crippen LogP contribution in [0, 0.1) is 11.8 Å². The average Bonchev–Trinajstić information content (AvgIpc) is 3.45. The van der Waals surface area contributed by atoms with Gasteiger partial charge in [-0.3, -0.25) is 14.4 Å². The Morgan fingerprint density at radius 1 is 1.22 bits per heavy atom. The first-order chi connectivity index (χ1) is 17.8. The molecule has 0 saturated carbocycles. The summed E-state index contributed by atoms with van der Waals surface area (Å²) in [5, 5.41) is 10.2. The van der Waals surface area contributed by atoms with Gasteiger partial charge in [0, 0.05) is 13.1 Å². The third-order valence-electron chi connectivity index (χ3n) is 8.52. The molecule has 3 heterocycles. The molecule has 2 bridgehead atoms. The van der Waals surface area contributed by atoms with E-state index in [2.05, 4.69) is 20.1 Å². The van der Waals surface area contributed by atoms with Crippen molar-refractivity contribution >= 4 is 17.8 Å². The molecule has 3 fully saturated rings. The number of fused-ring (bicyclic) bond motifs is 1. The molecule has 0 aliphatic carbocycles. The first-order valence-electron chi connectivity index (χ1n) is 14.1. The molecule has 2 amide bonds. The Balaban J connectivity index is 1.96. The van der Waals surface area contributed by atoms with Gasteiger partial charge in [-0.25, -0.2) is 0 Å². The van der Waals surface area contributed by atoms with E-state index in [1.165, 1.54) is 4.90 Å². The summed E-state index contributed by atoms with van der Waals surface area (Å²) in [4.78, 5) is 45.0. The van der Waals surface area contributed by atoms with Crippen molar-refractivity contribution in [3.8, 4) is 0 Å². The van der Waals surface area contributed by atoms with Gasteiger partial charge in [0.25, 0.3) is 0 Å². The van der Waals surface area contributed by atoms with Crippen LogP contribution in [0.4, 0.5) is 0 Å². The molecule has 0 radical (unpaired) electrons. The van der Waals surface area contributed by atoms with Crippen LogP contribution in [0.2, 0.25) is 0 Å². The average molecular weight is 519 g/mol. The molecule has 8 heteroatoms. The molecule has 0 aromatic carbocycles. The number of hydrogen-bond donors (Lipinski definition) is 1. The zero-order chi connectivity index (χ0) is 27.2. The molecule has 3 rings (SSSR count). The smallest absolute Gasteiger partial charge is 0.312 e. The molecule has 2 unspecified atom stereocenters. The van der Waals surface area contributed by atoms with Gasteiger partial charge in [-0.1, -0.05) is 38.8 Å². The Morgan fingerprint density at radius 3 is 2.59 bits per heavy atom. The lowest BCUT2D eigenvalue weighted by Crippen LogP contribution is -2.58. The molecule has 0 aromatic rings. The minimum atomic E-state index is -1.11. The van der Waals surface area contributed by atoms with Gasteiger partial charge in [-0.15, -0.1) is 13.2 Å². The summed E-state index contributed by atoms with van der Waals surface area (Å²) < 4.78 is 12.3. The van der Waals surface area contributed by atoms with E-state index in [1.807, 2.05) is 19.9 Å². The lowest BCUT2D eigenvalue weighted by atomic mass is 9.66. The summed E-state index contributed by atoms with van der Waals surface area (Å²) in [6, 6.07) is -1.43. The Labute approximate surface area is 222 Å². The predicted molar refractivity (Wildman–Crippen MR) is 142 cm³/mol. The second kappa shape index (κ2) is 12.6. The van der Waals surface area contributed by atoms with Crippen molar-refractivity contribution in [3.05, 3.63) is 25.3 Å². The van der Waals surface area contributed by atoms with Crippen molar-refractivity contribution in [2.24, 2.45) is 11.8 Å². The first kappa shape index (κ1) is 29.4. The van der Waals surface area contributed by atoms with Crippen LogP contribution < -0.4 is 0 Å². The molecule has 3 aliphatic heterocycles. The Hall–Kier alpha value is -2.19. The minimum absolute atomic E-state index is 0.193. The molecule has 3 saturated heterocycles. The van der Waals surface area contributed by atoms with Gasteiger partial charge in [0.05, 0.1) is 30.8 Å². The van der Waals surface area contributed by atoms with Gasteiger partial charge in [-0.05, 0) is 51.9 Å². The van der Waals surface area contributed by atoms with E-state index in [1.54, 1.807) is 11.0 Å². The van der Waals surface area contributed by atoms with Crippen LogP contribution in [0.25, 0.3) is 0 Å². The maximum atomic E-state index is 14.2. The number of aliphatic hydroxyl groups excluding tert-OH is 1. The number of unbranched alkanes of at least 4 members (excludes halogenated alkanes) is 4. The van der Waals surface area contributed by atoms with E-state index in [0.717, 1.165) is 38.5 Å². The van der Waals surface area contributed by atoms with Crippen LogP contribution in [0.15, 0.2) is 25.3 Å². The van der Waals surface area contributed by atoms with Crippen LogP contribution >= 0.6 is 0 Å². The molecule has 1 spiro atoms. The van der Waals surface area contributed by atoms with Gasteiger partial charge in [0.1, 0.15) is 17.6 Å². The summed E-state index contributed by atoms with van der Waals surface area (Å²) in [7, 11) is 0. The Morgan fingerprint density at radius 2 is 1.97 bits per heavy atom. The Bertz CT molecular complexity index is 857. The molecule has 0 aromatic heterocycles. The zero-order valence-electron chi connectivity index (χ0n) is 23.0. The molecular weight excluding hydrogens is 472 g/mol. The number of aliphatic hydroxyl groups is 1. The highest BCUT2D eigenvalue weighted by Gasteiger charge is 2.79. The number of nitrogens with zero attached hydrogens (tertiary/aromatic N) is 2. The molecule has 208 valence electrons. The van der Waals surface area contributed by atoms with Crippen LogP contribution in [-0.4, -0.2) is 82.3 Å². The lowest BCUT2D eigenvalue weighted by molar-refractivity contribution is -0.162. The van der Waals surface area contributed by atoms with Gasteiger partial charge in [0.15, 0.2) is 0 Å². The van der Waals surface area contributed by atoms with Crippen molar-refractivity contribution in [2.75, 3.05) is 26.3 Å². The van der Waals surface area contributed by atoms with Crippen molar-refractivity contribution < 1.29 is 29.0 Å². The van der Waals surface area contributed by atoms with Crippen molar-refractivity contribution in [3.63, 3.8) is 0 Å². The normalized spacial score (nSPS) is 30.8. The van der Waals surface area contributed by atoms with Crippen molar-refractivity contribution in [2.45, 2.75) is 102 Å².